The van der Waals surface area contributed by atoms with Crippen molar-refractivity contribution in [3.05, 3.63) is 35.5 Å². The monoisotopic (exact) mass is 280 g/mol. The van der Waals surface area contributed by atoms with Crippen molar-refractivity contribution in [2.24, 2.45) is 5.73 Å². The van der Waals surface area contributed by atoms with Crippen molar-refractivity contribution < 1.29 is 4.74 Å². The number of aromatic nitrogens is 1. The fraction of sp³-hybridized carbons (Fsp3) is 0.231. The van der Waals surface area contributed by atoms with Gasteiger partial charge in [0.25, 0.3) is 0 Å². The van der Waals surface area contributed by atoms with Gasteiger partial charge in [0, 0.05) is 18.0 Å². The predicted octanol–water partition coefficient (Wildman–Crippen LogP) is 3.33. The highest BCUT2D eigenvalue weighted by Gasteiger charge is 2.06. The fourth-order valence-corrected chi connectivity index (χ4v) is 2.02. The van der Waals surface area contributed by atoms with Crippen LogP contribution in [0.5, 0.6) is 5.75 Å². The van der Waals surface area contributed by atoms with Gasteiger partial charge < -0.3 is 10.5 Å². The second-order valence-electron chi connectivity index (χ2n) is 3.86. The summed E-state index contributed by atoms with van der Waals surface area (Å²) in [4.78, 5) is 4.81. The number of halogens is 1. The van der Waals surface area contributed by atoms with Gasteiger partial charge in [0.1, 0.15) is 11.3 Å². The van der Waals surface area contributed by atoms with Crippen LogP contribution in [-0.2, 0) is 0 Å². The molecule has 2 rings (SSSR count). The van der Waals surface area contributed by atoms with Crippen molar-refractivity contribution in [1.82, 2.24) is 4.98 Å². The maximum atomic E-state index is 6.10. The van der Waals surface area contributed by atoms with Gasteiger partial charge in [-0.05, 0) is 30.7 Å². The molecule has 0 atom stereocenters. The Kier molecular flexibility index (Phi) is 4.33. The van der Waals surface area contributed by atoms with E-state index in [1.807, 2.05) is 24.3 Å². The van der Waals surface area contributed by atoms with Crippen LogP contribution < -0.4 is 10.5 Å². The van der Waals surface area contributed by atoms with Gasteiger partial charge in [0.05, 0.1) is 16.6 Å². The Hall–Kier alpha value is -1.39. The molecule has 0 unspecified atom stereocenters. The lowest BCUT2D eigenvalue weighted by molar-refractivity contribution is 0.317. The normalized spacial score (nSPS) is 10.5. The smallest absolute Gasteiger partial charge is 0.145 e. The Balaban J connectivity index is 2.14. The van der Waals surface area contributed by atoms with E-state index in [1.165, 1.54) is 0 Å². The van der Waals surface area contributed by atoms with E-state index in [9.17, 15) is 0 Å². The van der Waals surface area contributed by atoms with E-state index in [0.29, 0.717) is 23.0 Å². The molecule has 0 radical (unpaired) electrons. The largest absolute Gasteiger partial charge is 0.491 e. The molecule has 0 aliphatic carbocycles. The van der Waals surface area contributed by atoms with Crippen LogP contribution in [0.15, 0.2) is 30.5 Å². The van der Waals surface area contributed by atoms with Crippen molar-refractivity contribution in [3.8, 4) is 5.75 Å². The molecule has 94 valence electrons. The van der Waals surface area contributed by atoms with Gasteiger partial charge in [-0.25, -0.2) is 0 Å². The van der Waals surface area contributed by atoms with Crippen molar-refractivity contribution >= 4 is 39.7 Å². The van der Waals surface area contributed by atoms with E-state index in [4.69, 9.17) is 34.3 Å². The molecular formula is C13H13ClN2OS. The van der Waals surface area contributed by atoms with Crippen LogP contribution in [0, 0.1) is 0 Å². The third-order valence-corrected chi connectivity index (χ3v) is 3.04. The number of hydrogen-bond donors (Lipinski definition) is 1. The molecule has 5 heteroatoms. The van der Waals surface area contributed by atoms with Crippen LogP contribution in [0.4, 0.5) is 0 Å². The molecule has 0 aliphatic rings. The molecule has 0 bridgehead atoms. The molecule has 3 nitrogen and oxygen atoms in total. The zero-order valence-corrected chi connectivity index (χ0v) is 11.3. The molecule has 0 aliphatic heterocycles. The zero-order valence-electron chi connectivity index (χ0n) is 9.73. The Bertz CT molecular complexity index is 574. The van der Waals surface area contributed by atoms with Gasteiger partial charge in [-0.15, -0.1) is 0 Å². The molecule has 18 heavy (non-hydrogen) atoms. The topological polar surface area (TPSA) is 48.1 Å². The molecule has 2 N–H and O–H groups in total. The first-order valence-corrected chi connectivity index (χ1v) is 6.41. The first kappa shape index (κ1) is 13.1. The lowest BCUT2D eigenvalue weighted by Gasteiger charge is -2.09. The van der Waals surface area contributed by atoms with E-state index in [1.54, 1.807) is 6.20 Å². The van der Waals surface area contributed by atoms with E-state index < -0.39 is 0 Å². The minimum absolute atomic E-state index is 0.512. The molecule has 0 saturated heterocycles. The van der Waals surface area contributed by atoms with Crippen LogP contribution in [0.3, 0.4) is 0 Å². The Morgan fingerprint density at radius 2 is 2.22 bits per heavy atom. The summed E-state index contributed by atoms with van der Waals surface area (Å²) < 4.78 is 5.69. The molecule has 1 aromatic carbocycles. The van der Waals surface area contributed by atoms with Crippen molar-refractivity contribution in [2.75, 3.05) is 6.61 Å². The van der Waals surface area contributed by atoms with Crippen LogP contribution in [0.25, 0.3) is 10.9 Å². The maximum absolute atomic E-state index is 6.10. The number of nitrogens with two attached hydrogens (primary N) is 1. The maximum Gasteiger partial charge on any atom is 0.145 e. The number of nitrogens with zero attached hydrogens (tertiary/aromatic N) is 1. The highest BCUT2D eigenvalue weighted by atomic mass is 35.5. The highest BCUT2D eigenvalue weighted by Crippen LogP contribution is 2.29. The fourth-order valence-electron chi connectivity index (χ4n) is 1.66. The minimum atomic E-state index is 0.512. The second kappa shape index (κ2) is 5.98. The second-order valence-corrected chi connectivity index (χ2v) is 4.79. The van der Waals surface area contributed by atoms with Crippen LogP contribution >= 0.6 is 23.8 Å². The first-order valence-electron chi connectivity index (χ1n) is 5.63. The molecule has 0 amide bonds. The number of benzene rings is 1. The van der Waals surface area contributed by atoms with Crippen molar-refractivity contribution in [2.45, 2.75) is 12.8 Å². The van der Waals surface area contributed by atoms with Gasteiger partial charge in [-0.3, -0.25) is 4.98 Å². The zero-order chi connectivity index (χ0) is 13.0. The average molecular weight is 281 g/mol. The van der Waals surface area contributed by atoms with Gasteiger partial charge in [0.15, 0.2) is 0 Å². The van der Waals surface area contributed by atoms with Crippen molar-refractivity contribution in [3.63, 3.8) is 0 Å². The molecule has 0 fully saturated rings. The molecular weight excluding hydrogens is 268 g/mol. The summed E-state index contributed by atoms with van der Waals surface area (Å²) in [5.41, 5.74) is 6.21. The summed E-state index contributed by atoms with van der Waals surface area (Å²) >= 11 is 10.9. The summed E-state index contributed by atoms with van der Waals surface area (Å²) in [5, 5.41) is 1.57. The summed E-state index contributed by atoms with van der Waals surface area (Å²) in [6.07, 6.45) is 3.21. The Morgan fingerprint density at radius 3 is 3.00 bits per heavy atom. The number of rotatable bonds is 5. The number of pyridine rings is 1. The third-order valence-electron chi connectivity index (χ3n) is 2.50. The van der Waals surface area contributed by atoms with E-state index >= 15 is 0 Å². The molecule has 1 heterocycles. The summed E-state index contributed by atoms with van der Waals surface area (Å²) in [6.45, 7) is 0.560. The van der Waals surface area contributed by atoms with E-state index in [-0.39, 0.29) is 0 Å². The lowest BCUT2D eigenvalue weighted by atomic mass is 10.2. The molecule has 1 aromatic heterocycles. The van der Waals surface area contributed by atoms with Crippen LogP contribution in [-0.4, -0.2) is 16.6 Å². The molecule has 0 spiro atoms. The number of ether oxygens (including phenoxy) is 1. The molecule has 2 aromatic rings. The number of hydrogen-bond acceptors (Lipinski definition) is 3. The van der Waals surface area contributed by atoms with Gasteiger partial charge in [-0.1, -0.05) is 23.8 Å². The highest BCUT2D eigenvalue weighted by molar-refractivity contribution is 7.80. The quantitative estimate of drug-likeness (QED) is 0.674. The molecule has 0 saturated carbocycles. The number of thiocarbonyl (C=S) groups is 1. The van der Waals surface area contributed by atoms with Gasteiger partial charge in [0.2, 0.25) is 0 Å². The summed E-state index contributed by atoms with van der Waals surface area (Å²) in [7, 11) is 0. The average Bonchev–Trinajstić information content (AvgIpc) is 2.37. The predicted molar refractivity (Wildman–Crippen MR) is 78.3 cm³/mol. The summed E-state index contributed by atoms with van der Waals surface area (Å²) in [5.74, 6) is 0.734. The Labute approximate surface area is 116 Å². The number of fused-ring (bicyclic) bond motifs is 1. The standard InChI is InChI=1S/C13H13ClN2OS/c14-10-5-6-11(17-8-2-4-12(15)18)13-9(10)3-1-7-16-13/h1,3,5-7H,2,4,8H2,(H2,15,18). The van der Waals surface area contributed by atoms with Crippen LogP contribution in [0.2, 0.25) is 5.02 Å². The van der Waals surface area contributed by atoms with E-state index in [0.717, 1.165) is 23.1 Å². The minimum Gasteiger partial charge on any atom is -0.491 e. The van der Waals surface area contributed by atoms with Gasteiger partial charge in [-0.2, -0.15) is 0 Å². The third kappa shape index (κ3) is 3.09. The Morgan fingerprint density at radius 1 is 1.39 bits per heavy atom. The SMILES string of the molecule is NC(=S)CCCOc1ccc(Cl)c2cccnc12. The van der Waals surface area contributed by atoms with E-state index in [2.05, 4.69) is 4.98 Å². The van der Waals surface area contributed by atoms with Gasteiger partial charge >= 0.3 is 0 Å². The summed E-state index contributed by atoms with van der Waals surface area (Å²) in [6, 6.07) is 7.42. The van der Waals surface area contributed by atoms with Crippen molar-refractivity contribution in [1.29, 1.82) is 0 Å². The lowest BCUT2D eigenvalue weighted by Crippen LogP contribution is -2.09. The first-order chi connectivity index (χ1) is 8.68. The van der Waals surface area contributed by atoms with Crippen LogP contribution in [0.1, 0.15) is 12.8 Å².